The van der Waals surface area contributed by atoms with Gasteiger partial charge in [0.25, 0.3) is 0 Å². The molecule has 1 fully saturated rings. The Balaban J connectivity index is 1.34. The van der Waals surface area contributed by atoms with E-state index in [4.69, 9.17) is 0 Å². The second-order valence-electron chi connectivity index (χ2n) is 8.25. The van der Waals surface area contributed by atoms with E-state index in [9.17, 15) is 8.78 Å². The number of benzene rings is 2. The quantitative estimate of drug-likeness (QED) is 0.435. The number of aromatic amines is 1. The molecule has 0 saturated heterocycles. The first-order valence-corrected chi connectivity index (χ1v) is 10.3. The molecule has 0 bridgehead atoms. The van der Waals surface area contributed by atoms with E-state index >= 15 is 0 Å². The molecule has 2 aromatic carbocycles. The summed E-state index contributed by atoms with van der Waals surface area (Å²) in [6.07, 6.45) is 6.16. The topological polar surface area (TPSA) is 41.6 Å². The number of halogens is 2. The maximum absolute atomic E-state index is 13.8. The van der Waals surface area contributed by atoms with Gasteiger partial charge in [-0.05, 0) is 85.5 Å². The number of nitrogens with zero attached hydrogens (tertiary/aromatic N) is 2. The summed E-state index contributed by atoms with van der Waals surface area (Å²) in [5, 5.41) is 0.934. The van der Waals surface area contributed by atoms with Crippen molar-refractivity contribution in [2.75, 3.05) is 0 Å². The largest absolute Gasteiger partial charge is 0.342 e. The summed E-state index contributed by atoms with van der Waals surface area (Å²) in [5.41, 5.74) is 3.63. The van der Waals surface area contributed by atoms with Gasteiger partial charge >= 0.3 is 0 Å². The lowest BCUT2D eigenvalue weighted by molar-refractivity contribution is 0.286. The van der Waals surface area contributed by atoms with E-state index in [2.05, 4.69) is 21.9 Å². The Hall–Kier alpha value is -2.82. The zero-order valence-corrected chi connectivity index (χ0v) is 16.3. The van der Waals surface area contributed by atoms with Crippen molar-refractivity contribution >= 4 is 21.9 Å². The third-order valence-corrected chi connectivity index (χ3v) is 6.55. The molecule has 5 heteroatoms. The van der Waals surface area contributed by atoms with Gasteiger partial charge in [0.1, 0.15) is 17.5 Å². The first-order chi connectivity index (χ1) is 14.1. The molecule has 148 valence electrons. The molecule has 29 heavy (non-hydrogen) atoms. The van der Waals surface area contributed by atoms with Crippen LogP contribution in [0.1, 0.15) is 55.8 Å². The first kappa shape index (κ1) is 18.2. The van der Waals surface area contributed by atoms with E-state index in [1.807, 2.05) is 12.3 Å². The third kappa shape index (κ3) is 3.39. The van der Waals surface area contributed by atoms with Crippen LogP contribution in [-0.2, 0) is 0 Å². The lowest BCUT2D eigenvalue weighted by Crippen LogP contribution is -2.19. The van der Waals surface area contributed by atoms with Crippen LogP contribution in [0.5, 0.6) is 0 Å². The minimum absolute atomic E-state index is 0.213. The number of aromatic nitrogens is 3. The van der Waals surface area contributed by atoms with E-state index < -0.39 is 0 Å². The maximum Gasteiger partial charge on any atom is 0.125 e. The number of rotatable bonds is 3. The molecule has 0 radical (unpaired) electrons. The fourth-order valence-corrected chi connectivity index (χ4v) is 4.87. The van der Waals surface area contributed by atoms with Crippen LogP contribution >= 0.6 is 0 Å². The van der Waals surface area contributed by atoms with Crippen molar-refractivity contribution in [3.63, 3.8) is 0 Å². The standard InChI is InChI=1S/C24H23F2N3/c1-14(24-28-22-9-7-18(26)13-23(22)29-24)15-2-4-16(5-3-15)19-10-11-27-21-8-6-17(25)12-20(19)21/h6-16H,2-5H2,1H3,(H,28,29). The average molecular weight is 391 g/mol. The van der Waals surface area contributed by atoms with Gasteiger partial charge in [-0.3, -0.25) is 4.98 Å². The second kappa shape index (κ2) is 7.21. The highest BCUT2D eigenvalue weighted by Gasteiger charge is 2.29. The molecule has 2 aromatic heterocycles. The van der Waals surface area contributed by atoms with Crippen molar-refractivity contribution in [1.82, 2.24) is 15.0 Å². The van der Waals surface area contributed by atoms with Crippen molar-refractivity contribution in [1.29, 1.82) is 0 Å². The lowest BCUT2D eigenvalue weighted by Gasteiger charge is -2.32. The molecule has 3 nitrogen and oxygen atoms in total. The predicted octanol–water partition coefficient (Wildman–Crippen LogP) is 6.47. The summed E-state index contributed by atoms with van der Waals surface area (Å²) in [6.45, 7) is 2.20. The van der Waals surface area contributed by atoms with E-state index in [0.717, 1.165) is 53.4 Å². The molecule has 1 unspecified atom stereocenters. The maximum atomic E-state index is 13.8. The Morgan fingerprint density at radius 1 is 0.931 bits per heavy atom. The van der Waals surface area contributed by atoms with Crippen LogP contribution in [0.4, 0.5) is 8.78 Å². The SMILES string of the molecule is CC(c1nc2ccc(F)cc2[nH]1)C1CCC(c2ccnc3ccc(F)cc23)CC1. The van der Waals surface area contributed by atoms with E-state index in [1.54, 1.807) is 18.2 Å². The highest BCUT2D eigenvalue weighted by Crippen LogP contribution is 2.42. The Bertz CT molecular complexity index is 1180. The summed E-state index contributed by atoms with van der Waals surface area (Å²) in [6, 6.07) is 11.6. The number of fused-ring (bicyclic) bond motifs is 2. The van der Waals surface area contributed by atoms with Crippen LogP contribution in [0.3, 0.4) is 0 Å². The van der Waals surface area contributed by atoms with Gasteiger partial charge in [-0.15, -0.1) is 0 Å². The molecule has 5 rings (SSSR count). The molecular weight excluding hydrogens is 368 g/mol. The van der Waals surface area contributed by atoms with Gasteiger partial charge < -0.3 is 4.98 Å². The van der Waals surface area contributed by atoms with Crippen LogP contribution in [0, 0.1) is 17.6 Å². The Morgan fingerprint density at radius 2 is 1.66 bits per heavy atom. The Labute approximate surface area is 168 Å². The van der Waals surface area contributed by atoms with Gasteiger partial charge in [0.15, 0.2) is 0 Å². The predicted molar refractivity (Wildman–Crippen MR) is 111 cm³/mol. The van der Waals surface area contributed by atoms with Gasteiger partial charge in [0.2, 0.25) is 0 Å². The van der Waals surface area contributed by atoms with Crippen LogP contribution in [-0.4, -0.2) is 15.0 Å². The summed E-state index contributed by atoms with van der Waals surface area (Å²) >= 11 is 0. The van der Waals surface area contributed by atoms with Crippen molar-refractivity contribution in [3.8, 4) is 0 Å². The van der Waals surface area contributed by atoms with Gasteiger partial charge in [-0.25, -0.2) is 13.8 Å². The number of nitrogens with one attached hydrogen (secondary N) is 1. The monoisotopic (exact) mass is 391 g/mol. The summed E-state index contributed by atoms with van der Waals surface area (Å²) in [5.74, 6) is 1.72. The smallest absolute Gasteiger partial charge is 0.125 e. The Kier molecular flexibility index (Phi) is 4.53. The van der Waals surface area contributed by atoms with Crippen molar-refractivity contribution in [2.24, 2.45) is 5.92 Å². The first-order valence-electron chi connectivity index (χ1n) is 10.3. The average Bonchev–Trinajstić information content (AvgIpc) is 3.16. The van der Waals surface area contributed by atoms with Crippen LogP contribution in [0.25, 0.3) is 21.9 Å². The normalized spacial score (nSPS) is 20.9. The second-order valence-corrected chi connectivity index (χ2v) is 8.25. The fourth-order valence-electron chi connectivity index (χ4n) is 4.87. The molecular formula is C24H23F2N3. The summed E-state index contributed by atoms with van der Waals surface area (Å²) in [4.78, 5) is 12.4. The van der Waals surface area contributed by atoms with Gasteiger partial charge in [-0.2, -0.15) is 0 Å². The fraction of sp³-hybridized carbons (Fsp3) is 0.333. The number of hydrogen-bond donors (Lipinski definition) is 1. The van der Waals surface area contributed by atoms with Gasteiger partial charge in [0.05, 0.1) is 16.6 Å². The zero-order chi connectivity index (χ0) is 20.0. The molecule has 0 spiro atoms. The molecule has 1 aliphatic rings. The van der Waals surface area contributed by atoms with Crippen LogP contribution in [0.15, 0.2) is 48.7 Å². The Morgan fingerprint density at radius 3 is 2.45 bits per heavy atom. The van der Waals surface area contributed by atoms with Crippen molar-refractivity contribution < 1.29 is 8.78 Å². The molecule has 0 amide bonds. The molecule has 1 atom stereocenters. The zero-order valence-electron chi connectivity index (χ0n) is 16.3. The number of H-pyrrole nitrogens is 1. The summed E-state index contributed by atoms with van der Waals surface area (Å²) in [7, 11) is 0. The molecule has 4 aromatic rings. The van der Waals surface area contributed by atoms with Crippen LogP contribution < -0.4 is 0 Å². The lowest BCUT2D eigenvalue weighted by atomic mass is 9.73. The van der Waals surface area contributed by atoms with Gasteiger partial charge in [0, 0.05) is 17.5 Å². The van der Waals surface area contributed by atoms with Crippen LogP contribution in [0.2, 0.25) is 0 Å². The van der Waals surface area contributed by atoms with Crippen molar-refractivity contribution in [3.05, 3.63) is 71.7 Å². The summed E-state index contributed by atoms with van der Waals surface area (Å²) < 4.78 is 27.3. The highest BCUT2D eigenvalue weighted by molar-refractivity contribution is 5.82. The number of imidazole rings is 1. The van der Waals surface area contributed by atoms with E-state index in [0.29, 0.717) is 11.8 Å². The third-order valence-electron chi connectivity index (χ3n) is 6.55. The molecule has 1 saturated carbocycles. The molecule has 1 aliphatic carbocycles. The minimum Gasteiger partial charge on any atom is -0.342 e. The van der Waals surface area contributed by atoms with Gasteiger partial charge in [-0.1, -0.05) is 6.92 Å². The van der Waals surface area contributed by atoms with E-state index in [1.165, 1.54) is 23.8 Å². The number of pyridine rings is 1. The van der Waals surface area contributed by atoms with E-state index in [-0.39, 0.29) is 17.6 Å². The van der Waals surface area contributed by atoms with Crippen molar-refractivity contribution in [2.45, 2.75) is 44.4 Å². The molecule has 2 heterocycles. The molecule has 0 aliphatic heterocycles. The minimum atomic E-state index is -0.248. The molecule has 1 N–H and O–H groups in total. The highest BCUT2D eigenvalue weighted by atomic mass is 19.1. The number of hydrogen-bond acceptors (Lipinski definition) is 2.